The van der Waals surface area contributed by atoms with Crippen molar-refractivity contribution in [1.29, 1.82) is 0 Å². The second-order valence-electron chi connectivity index (χ2n) is 9.96. The third-order valence-corrected chi connectivity index (χ3v) is 8.01. The van der Waals surface area contributed by atoms with Gasteiger partial charge in [-0.15, -0.1) is 0 Å². The maximum Gasteiger partial charge on any atom is 0.306 e. The van der Waals surface area contributed by atoms with Gasteiger partial charge in [0.2, 0.25) is 0 Å². The minimum atomic E-state index is -0.583. The first-order valence-electron chi connectivity index (χ1n) is 12.7. The molecule has 172 valence electrons. The summed E-state index contributed by atoms with van der Waals surface area (Å²) in [4.78, 5) is 14.5. The van der Waals surface area contributed by atoms with Gasteiger partial charge in [-0.2, -0.15) is 0 Å². The fraction of sp³-hybridized carbons (Fsp3) is 0.433. The number of likely N-dealkylation sites (tertiary alicyclic amines) is 1. The van der Waals surface area contributed by atoms with Crippen LogP contribution in [-0.2, 0) is 4.79 Å². The number of aliphatic carboxylic acids is 1. The Morgan fingerprint density at radius 3 is 2.03 bits per heavy atom. The molecular weight excluding hydrogens is 406 g/mol. The van der Waals surface area contributed by atoms with Gasteiger partial charge in [-0.3, -0.25) is 4.79 Å². The van der Waals surface area contributed by atoms with Crippen molar-refractivity contribution < 1.29 is 9.90 Å². The molecule has 1 N–H and O–H groups in total. The van der Waals surface area contributed by atoms with Crippen LogP contribution in [0.2, 0.25) is 0 Å². The second-order valence-corrected chi connectivity index (χ2v) is 9.96. The van der Waals surface area contributed by atoms with E-state index in [1.165, 1.54) is 52.7 Å². The van der Waals surface area contributed by atoms with Gasteiger partial charge in [0.05, 0.1) is 5.92 Å². The Morgan fingerprint density at radius 1 is 0.879 bits per heavy atom. The molecule has 1 atom stereocenters. The zero-order valence-electron chi connectivity index (χ0n) is 19.5. The lowest BCUT2D eigenvalue weighted by Crippen LogP contribution is -2.35. The molecule has 5 rings (SSSR count). The topological polar surface area (TPSA) is 40.5 Å². The van der Waals surface area contributed by atoms with E-state index in [0.29, 0.717) is 5.92 Å². The van der Waals surface area contributed by atoms with Crippen molar-refractivity contribution >= 4 is 23.7 Å². The van der Waals surface area contributed by atoms with Crippen LogP contribution < -0.4 is 0 Å². The van der Waals surface area contributed by atoms with Gasteiger partial charge in [0.15, 0.2) is 0 Å². The Labute approximate surface area is 197 Å². The summed E-state index contributed by atoms with van der Waals surface area (Å²) in [6, 6.07) is 17.5. The lowest BCUT2D eigenvalue weighted by molar-refractivity contribution is -0.144. The SMILES string of the molecule is O=C(O)C(CCN1CCC(=C2c3ccccc3C=Cc3ccccc32)CC1)C1CCCCC1. The summed E-state index contributed by atoms with van der Waals surface area (Å²) >= 11 is 0. The molecule has 2 aromatic rings. The Hall–Kier alpha value is -2.65. The minimum Gasteiger partial charge on any atom is -0.481 e. The molecule has 2 aromatic carbocycles. The Kier molecular flexibility index (Phi) is 6.78. The standard InChI is InChI=1S/C30H35NO2/c32-30(33)28(22-8-2-1-3-9-22)18-21-31-19-16-25(17-20-31)29-26-12-6-4-10-23(26)14-15-24-11-5-7-13-27(24)29/h4-7,10-15,22,28H,1-3,8-9,16-21H2,(H,32,33). The highest BCUT2D eigenvalue weighted by molar-refractivity contribution is 5.94. The number of hydrogen-bond acceptors (Lipinski definition) is 2. The largest absolute Gasteiger partial charge is 0.481 e. The van der Waals surface area contributed by atoms with Crippen LogP contribution in [0, 0.1) is 11.8 Å². The van der Waals surface area contributed by atoms with E-state index in [1.807, 2.05) is 0 Å². The zero-order chi connectivity index (χ0) is 22.6. The maximum atomic E-state index is 12.0. The first-order valence-corrected chi connectivity index (χ1v) is 12.7. The predicted molar refractivity (Wildman–Crippen MR) is 136 cm³/mol. The molecule has 0 bridgehead atoms. The quantitative estimate of drug-likeness (QED) is 0.477. The van der Waals surface area contributed by atoms with Crippen LogP contribution in [0.3, 0.4) is 0 Å². The van der Waals surface area contributed by atoms with E-state index in [2.05, 4.69) is 65.6 Å². The molecule has 2 aliphatic carbocycles. The minimum absolute atomic E-state index is 0.170. The number of hydrogen-bond donors (Lipinski definition) is 1. The highest BCUT2D eigenvalue weighted by Crippen LogP contribution is 2.39. The van der Waals surface area contributed by atoms with Crippen molar-refractivity contribution in [3.05, 3.63) is 76.4 Å². The van der Waals surface area contributed by atoms with Crippen molar-refractivity contribution in [2.45, 2.75) is 51.4 Å². The molecular formula is C30H35NO2. The van der Waals surface area contributed by atoms with Gasteiger partial charge in [-0.25, -0.2) is 0 Å². The zero-order valence-corrected chi connectivity index (χ0v) is 19.5. The number of nitrogens with zero attached hydrogens (tertiary/aromatic N) is 1. The van der Waals surface area contributed by atoms with Gasteiger partial charge in [-0.1, -0.05) is 85.5 Å². The number of rotatable bonds is 5. The smallest absolute Gasteiger partial charge is 0.306 e. The predicted octanol–water partition coefficient (Wildman–Crippen LogP) is 6.74. The van der Waals surface area contributed by atoms with Crippen molar-refractivity contribution in [3.8, 4) is 0 Å². The molecule has 2 fully saturated rings. The Balaban J connectivity index is 1.32. The number of carbonyl (C=O) groups is 1. The van der Waals surface area contributed by atoms with E-state index in [-0.39, 0.29) is 5.92 Å². The molecule has 0 aromatic heterocycles. The number of carboxylic acid groups (broad SMARTS) is 1. The normalized spacial score (nSPS) is 20.1. The number of piperidine rings is 1. The second kappa shape index (κ2) is 10.1. The van der Waals surface area contributed by atoms with E-state index >= 15 is 0 Å². The van der Waals surface area contributed by atoms with Gasteiger partial charge in [0.25, 0.3) is 0 Å². The first kappa shape index (κ1) is 22.2. The molecule has 3 nitrogen and oxygen atoms in total. The fourth-order valence-electron chi connectivity index (χ4n) is 6.16. The van der Waals surface area contributed by atoms with Crippen LogP contribution in [0.15, 0.2) is 54.1 Å². The van der Waals surface area contributed by atoms with Crippen molar-refractivity contribution in [2.75, 3.05) is 19.6 Å². The van der Waals surface area contributed by atoms with E-state index in [0.717, 1.165) is 51.7 Å². The van der Waals surface area contributed by atoms with E-state index in [1.54, 1.807) is 0 Å². The fourth-order valence-corrected chi connectivity index (χ4v) is 6.16. The van der Waals surface area contributed by atoms with Crippen LogP contribution in [-0.4, -0.2) is 35.6 Å². The summed E-state index contributed by atoms with van der Waals surface area (Å²) in [5, 5.41) is 9.85. The third kappa shape index (κ3) is 4.84. The molecule has 0 spiro atoms. The highest BCUT2D eigenvalue weighted by Gasteiger charge is 2.30. The van der Waals surface area contributed by atoms with Crippen LogP contribution in [0.4, 0.5) is 0 Å². The van der Waals surface area contributed by atoms with E-state index in [9.17, 15) is 9.90 Å². The van der Waals surface area contributed by atoms with Crippen LogP contribution in [0.1, 0.15) is 73.6 Å². The van der Waals surface area contributed by atoms with Gasteiger partial charge < -0.3 is 10.0 Å². The van der Waals surface area contributed by atoms with Gasteiger partial charge in [-0.05, 0) is 72.4 Å². The van der Waals surface area contributed by atoms with Gasteiger partial charge >= 0.3 is 5.97 Å². The Bertz CT molecular complexity index is 999. The van der Waals surface area contributed by atoms with Gasteiger partial charge in [0, 0.05) is 13.1 Å². The summed E-state index contributed by atoms with van der Waals surface area (Å²) < 4.78 is 0. The van der Waals surface area contributed by atoms with E-state index in [4.69, 9.17) is 0 Å². The monoisotopic (exact) mass is 441 g/mol. The summed E-state index contributed by atoms with van der Waals surface area (Å²) in [5.41, 5.74) is 8.20. The number of benzene rings is 2. The summed E-state index contributed by atoms with van der Waals surface area (Å²) in [7, 11) is 0. The Morgan fingerprint density at radius 2 is 1.45 bits per heavy atom. The third-order valence-electron chi connectivity index (χ3n) is 8.01. The number of fused-ring (bicyclic) bond motifs is 2. The molecule has 1 saturated heterocycles. The lowest BCUT2D eigenvalue weighted by Gasteiger charge is -2.33. The van der Waals surface area contributed by atoms with Gasteiger partial charge in [0.1, 0.15) is 0 Å². The molecule has 3 aliphatic rings. The van der Waals surface area contributed by atoms with E-state index < -0.39 is 5.97 Å². The van der Waals surface area contributed by atoms with Crippen molar-refractivity contribution in [3.63, 3.8) is 0 Å². The summed E-state index contributed by atoms with van der Waals surface area (Å²) in [6.45, 7) is 2.95. The van der Waals surface area contributed by atoms with Crippen LogP contribution in [0.5, 0.6) is 0 Å². The van der Waals surface area contributed by atoms with Crippen molar-refractivity contribution in [1.82, 2.24) is 4.90 Å². The van der Waals surface area contributed by atoms with Crippen molar-refractivity contribution in [2.24, 2.45) is 11.8 Å². The molecule has 0 radical (unpaired) electrons. The maximum absolute atomic E-state index is 12.0. The lowest BCUT2D eigenvalue weighted by atomic mass is 9.78. The molecule has 1 aliphatic heterocycles. The first-order chi connectivity index (χ1) is 16.2. The molecule has 1 unspecified atom stereocenters. The average molecular weight is 442 g/mol. The summed E-state index contributed by atoms with van der Waals surface area (Å²) in [6.07, 6.45) is 13.3. The molecule has 3 heteroatoms. The average Bonchev–Trinajstić information content (AvgIpc) is 3.02. The number of carboxylic acids is 1. The van der Waals surface area contributed by atoms with Crippen LogP contribution in [0.25, 0.3) is 17.7 Å². The molecule has 33 heavy (non-hydrogen) atoms. The van der Waals surface area contributed by atoms with Crippen LogP contribution >= 0.6 is 0 Å². The molecule has 1 saturated carbocycles. The summed E-state index contributed by atoms with van der Waals surface area (Å²) in [5.74, 6) is -0.372. The molecule has 0 amide bonds. The highest BCUT2D eigenvalue weighted by atomic mass is 16.4. The molecule has 1 heterocycles.